The van der Waals surface area contributed by atoms with Gasteiger partial charge < -0.3 is 24.8 Å². The number of methoxy groups -OCH3 is 2. The highest BCUT2D eigenvalue weighted by atomic mass is 16.5. The Balaban J connectivity index is 1.56. The summed E-state index contributed by atoms with van der Waals surface area (Å²) in [6.45, 7) is 2.12. The molecule has 0 bridgehead atoms. The van der Waals surface area contributed by atoms with Crippen LogP contribution in [0.15, 0.2) is 24.4 Å². The molecule has 1 aromatic carbocycles. The van der Waals surface area contributed by atoms with Crippen molar-refractivity contribution in [3.63, 3.8) is 0 Å². The molecular weight excluding hydrogens is 322 g/mol. The number of nitrogens with zero attached hydrogens (tertiary/aromatic N) is 3. The number of nitrogens with one attached hydrogen (secondary N) is 2. The Bertz CT molecular complexity index is 692. The van der Waals surface area contributed by atoms with E-state index in [2.05, 4.69) is 25.8 Å². The number of ether oxygens (including phenoxy) is 3. The molecule has 1 unspecified atom stereocenters. The van der Waals surface area contributed by atoms with Crippen molar-refractivity contribution in [1.29, 1.82) is 0 Å². The second-order valence-corrected chi connectivity index (χ2v) is 5.72. The van der Waals surface area contributed by atoms with Gasteiger partial charge in [0.25, 0.3) is 0 Å². The summed E-state index contributed by atoms with van der Waals surface area (Å²) in [5, 5.41) is 14.4. The normalized spacial score (nSPS) is 16.5. The van der Waals surface area contributed by atoms with Gasteiger partial charge in [-0.25, -0.2) is 0 Å². The largest absolute Gasteiger partial charge is 0.493 e. The third kappa shape index (κ3) is 4.69. The summed E-state index contributed by atoms with van der Waals surface area (Å²) in [6, 6.07) is 5.74. The van der Waals surface area contributed by atoms with Crippen LogP contribution in [0.3, 0.4) is 0 Å². The van der Waals surface area contributed by atoms with Gasteiger partial charge in [-0.1, -0.05) is 6.07 Å². The first-order valence-corrected chi connectivity index (χ1v) is 8.28. The average molecular weight is 345 g/mol. The summed E-state index contributed by atoms with van der Waals surface area (Å²) in [7, 11) is 3.23. The van der Waals surface area contributed by atoms with E-state index < -0.39 is 0 Å². The minimum absolute atomic E-state index is 0.248. The highest BCUT2D eigenvalue weighted by Crippen LogP contribution is 2.27. The molecule has 1 saturated heterocycles. The Morgan fingerprint density at radius 1 is 1.20 bits per heavy atom. The van der Waals surface area contributed by atoms with E-state index in [1.807, 2.05) is 18.2 Å². The number of hydrogen-bond donors (Lipinski definition) is 2. The predicted octanol–water partition coefficient (Wildman–Crippen LogP) is 2.09. The quantitative estimate of drug-likeness (QED) is 0.752. The van der Waals surface area contributed by atoms with Gasteiger partial charge in [0.15, 0.2) is 17.3 Å². The molecule has 0 spiro atoms. The molecular formula is C17H23N5O3. The van der Waals surface area contributed by atoms with E-state index in [-0.39, 0.29) is 6.10 Å². The Kier molecular flexibility index (Phi) is 5.84. The molecule has 1 atom stereocenters. The van der Waals surface area contributed by atoms with Crippen molar-refractivity contribution in [2.75, 3.05) is 38.0 Å². The molecule has 1 aliphatic heterocycles. The number of benzene rings is 1. The zero-order chi connectivity index (χ0) is 17.5. The van der Waals surface area contributed by atoms with Gasteiger partial charge in [0.2, 0.25) is 5.95 Å². The average Bonchev–Trinajstić information content (AvgIpc) is 3.18. The topological polar surface area (TPSA) is 90.4 Å². The molecule has 2 heterocycles. The fourth-order valence-corrected chi connectivity index (χ4v) is 2.66. The molecule has 0 saturated carbocycles. The fourth-order valence-electron chi connectivity index (χ4n) is 2.66. The molecule has 3 rings (SSSR count). The molecule has 25 heavy (non-hydrogen) atoms. The van der Waals surface area contributed by atoms with Crippen LogP contribution in [-0.2, 0) is 11.3 Å². The van der Waals surface area contributed by atoms with Gasteiger partial charge >= 0.3 is 0 Å². The second-order valence-electron chi connectivity index (χ2n) is 5.72. The van der Waals surface area contributed by atoms with E-state index in [9.17, 15) is 0 Å². The fraction of sp³-hybridized carbons (Fsp3) is 0.471. The Morgan fingerprint density at radius 3 is 2.84 bits per heavy atom. The summed E-state index contributed by atoms with van der Waals surface area (Å²) < 4.78 is 16.1. The zero-order valence-corrected chi connectivity index (χ0v) is 14.5. The summed E-state index contributed by atoms with van der Waals surface area (Å²) >= 11 is 0. The second kappa shape index (κ2) is 8.48. The van der Waals surface area contributed by atoms with E-state index in [4.69, 9.17) is 14.2 Å². The lowest BCUT2D eigenvalue weighted by molar-refractivity contribution is 0.120. The van der Waals surface area contributed by atoms with Gasteiger partial charge in [0.05, 0.1) is 26.5 Å². The lowest BCUT2D eigenvalue weighted by atomic mass is 10.2. The van der Waals surface area contributed by atoms with E-state index >= 15 is 0 Å². The van der Waals surface area contributed by atoms with Crippen molar-refractivity contribution >= 4 is 11.8 Å². The number of rotatable bonds is 8. The number of anilines is 2. The minimum atomic E-state index is 0.248. The minimum Gasteiger partial charge on any atom is -0.493 e. The number of aromatic nitrogens is 3. The van der Waals surface area contributed by atoms with Crippen molar-refractivity contribution in [2.24, 2.45) is 0 Å². The molecule has 1 aliphatic rings. The van der Waals surface area contributed by atoms with Crippen molar-refractivity contribution in [3.8, 4) is 11.5 Å². The third-order valence-electron chi connectivity index (χ3n) is 3.99. The van der Waals surface area contributed by atoms with Gasteiger partial charge in [-0.3, -0.25) is 0 Å². The summed E-state index contributed by atoms with van der Waals surface area (Å²) in [6.07, 6.45) is 4.05. The van der Waals surface area contributed by atoms with Crippen molar-refractivity contribution < 1.29 is 14.2 Å². The van der Waals surface area contributed by atoms with Gasteiger partial charge in [0.1, 0.15) is 0 Å². The van der Waals surface area contributed by atoms with Gasteiger partial charge in [-0.2, -0.15) is 10.1 Å². The lowest BCUT2D eigenvalue weighted by Gasteiger charge is -2.12. The molecule has 2 aromatic rings. The van der Waals surface area contributed by atoms with Crippen LogP contribution in [0.5, 0.6) is 11.5 Å². The molecule has 1 fully saturated rings. The van der Waals surface area contributed by atoms with Crippen LogP contribution in [0, 0.1) is 0 Å². The van der Waals surface area contributed by atoms with Gasteiger partial charge in [0, 0.05) is 19.7 Å². The number of hydrogen-bond acceptors (Lipinski definition) is 8. The molecule has 0 radical (unpaired) electrons. The zero-order valence-electron chi connectivity index (χ0n) is 14.5. The van der Waals surface area contributed by atoms with Crippen LogP contribution in [0.4, 0.5) is 11.8 Å². The molecule has 8 nitrogen and oxygen atoms in total. The molecule has 1 aromatic heterocycles. The maximum absolute atomic E-state index is 5.59. The molecule has 8 heteroatoms. The van der Waals surface area contributed by atoms with Crippen LogP contribution in [0.2, 0.25) is 0 Å². The standard InChI is InChI=1S/C17H23N5O3/c1-23-14-6-5-12(8-15(14)24-2)9-19-17-21-16(11-20-22-17)18-10-13-4-3-7-25-13/h5-6,8,11,13H,3-4,7,9-10H2,1-2H3,(H2,18,19,21,22). The summed E-state index contributed by atoms with van der Waals surface area (Å²) in [4.78, 5) is 4.42. The predicted molar refractivity (Wildman–Crippen MR) is 94.2 cm³/mol. The van der Waals surface area contributed by atoms with E-state index in [1.165, 1.54) is 0 Å². The van der Waals surface area contributed by atoms with E-state index in [0.717, 1.165) is 31.6 Å². The molecule has 0 aliphatic carbocycles. The van der Waals surface area contributed by atoms with Gasteiger partial charge in [-0.05, 0) is 30.5 Å². The summed E-state index contributed by atoms with van der Waals surface area (Å²) in [5.74, 6) is 2.53. The van der Waals surface area contributed by atoms with Crippen molar-refractivity contribution in [2.45, 2.75) is 25.5 Å². The Hall–Kier alpha value is -2.61. The SMILES string of the molecule is COc1ccc(CNc2nncc(NCC3CCCO3)n2)cc1OC. The maximum atomic E-state index is 5.59. The van der Waals surface area contributed by atoms with Crippen LogP contribution in [0.1, 0.15) is 18.4 Å². The molecule has 0 amide bonds. The molecule has 2 N–H and O–H groups in total. The first-order chi connectivity index (χ1) is 12.3. The smallest absolute Gasteiger partial charge is 0.244 e. The first kappa shape index (κ1) is 17.2. The van der Waals surface area contributed by atoms with Crippen LogP contribution in [-0.4, -0.2) is 48.7 Å². The summed E-state index contributed by atoms with van der Waals surface area (Å²) in [5.41, 5.74) is 1.03. The van der Waals surface area contributed by atoms with Crippen LogP contribution < -0.4 is 20.1 Å². The van der Waals surface area contributed by atoms with Crippen LogP contribution >= 0.6 is 0 Å². The van der Waals surface area contributed by atoms with E-state index in [1.54, 1.807) is 20.4 Å². The highest BCUT2D eigenvalue weighted by molar-refractivity contribution is 5.44. The van der Waals surface area contributed by atoms with E-state index in [0.29, 0.717) is 29.8 Å². The Morgan fingerprint density at radius 2 is 2.08 bits per heavy atom. The van der Waals surface area contributed by atoms with Crippen molar-refractivity contribution in [3.05, 3.63) is 30.0 Å². The highest BCUT2D eigenvalue weighted by Gasteiger charge is 2.15. The monoisotopic (exact) mass is 345 g/mol. The maximum Gasteiger partial charge on any atom is 0.244 e. The first-order valence-electron chi connectivity index (χ1n) is 8.28. The molecule has 134 valence electrons. The third-order valence-corrected chi connectivity index (χ3v) is 3.99. The van der Waals surface area contributed by atoms with Crippen LogP contribution in [0.25, 0.3) is 0 Å². The Labute approximate surface area is 146 Å². The lowest BCUT2D eigenvalue weighted by Crippen LogP contribution is -2.19. The van der Waals surface area contributed by atoms with Crippen molar-refractivity contribution in [1.82, 2.24) is 15.2 Å². The van der Waals surface area contributed by atoms with Gasteiger partial charge in [-0.15, -0.1) is 5.10 Å².